The molecule has 2 rings (SSSR count). The maximum Gasteiger partial charge on any atom is 0.222 e. The van der Waals surface area contributed by atoms with Crippen LogP contribution >= 0.6 is 11.6 Å². The molecule has 0 aliphatic carbocycles. The van der Waals surface area contributed by atoms with Crippen LogP contribution in [-0.2, 0) is 11.2 Å². The zero-order valence-electron chi connectivity index (χ0n) is 10.5. The Labute approximate surface area is 111 Å². The third kappa shape index (κ3) is 2.99. The van der Waals surface area contributed by atoms with E-state index < -0.39 is 0 Å². The van der Waals surface area contributed by atoms with Gasteiger partial charge in [0.05, 0.1) is 5.52 Å². The fourth-order valence-electron chi connectivity index (χ4n) is 1.73. The molecular formula is C14H15ClN2O. The molecule has 94 valence electrons. The Hall–Kier alpha value is -1.61. The second-order valence-corrected chi connectivity index (χ2v) is 4.86. The quantitative estimate of drug-likeness (QED) is 0.852. The van der Waals surface area contributed by atoms with Crippen LogP contribution in [-0.4, -0.2) is 29.9 Å². The van der Waals surface area contributed by atoms with Crippen LogP contribution < -0.4 is 0 Å². The van der Waals surface area contributed by atoms with Gasteiger partial charge in [-0.15, -0.1) is 0 Å². The van der Waals surface area contributed by atoms with E-state index in [0.29, 0.717) is 17.9 Å². The number of aryl methyl sites for hydroxylation is 1. The molecule has 18 heavy (non-hydrogen) atoms. The SMILES string of the molecule is CN(C)C(=O)CCc1ccc2ccc(Cl)cc2n1. The molecule has 2 aromatic rings. The van der Waals surface area contributed by atoms with Crippen LogP contribution in [0.5, 0.6) is 0 Å². The van der Waals surface area contributed by atoms with E-state index in [2.05, 4.69) is 4.98 Å². The van der Waals surface area contributed by atoms with Crippen LogP contribution in [0.4, 0.5) is 0 Å². The smallest absolute Gasteiger partial charge is 0.222 e. The first kappa shape index (κ1) is 12.8. The summed E-state index contributed by atoms with van der Waals surface area (Å²) in [5.74, 6) is 0.114. The fraction of sp³-hybridized carbons (Fsp3) is 0.286. The minimum atomic E-state index is 0.114. The highest BCUT2D eigenvalue weighted by Gasteiger charge is 2.05. The summed E-state index contributed by atoms with van der Waals surface area (Å²) in [5, 5.41) is 1.73. The van der Waals surface area contributed by atoms with E-state index in [9.17, 15) is 4.79 Å². The first-order chi connectivity index (χ1) is 8.56. The molecule has 0 spiro atoms. The van der Waals surface area contributed by atoms with Crippen molar-refractivity contribution in [3.63, 3.8) is 0 Å². The summed E-state index contributed by atoms with van der Waals surface area (Å²) in [5.41, 5.74) is 1.79. The van der Waals surface area contributed by atoms with Crippen LogP contribution in [0.3, 0.4) is 0 Å². The second-order valence-electron chi connectivity index (χ2n) is 4.43. The summed E-state index contributed by atoms with van der Waals surface area (Å²) < 4.78 is 0. The van der Waals surface area contributed by atoms with Gasteiger partial charge in [0, 0.05) is 36.6 Å². The fourth-order valence-corrected chi connectivity index (χ4v) is 1.90. The average Bonchev–Trinajstić information content (AvgIpc) is 2.35. The molecular weight excluding hydrogens is 248 g/mol. The average molecular weight is 263 g/mol. The Morgan fingerprint density at radius 1 is 1.28 bits per heavy atom. The minimum absolute atomic E-state index is 0.114. The van der Waals surface area contributed by atoms with Gasteiger partial charge < -0.3 is 4.90 Å². The van der Waals surface area contributed by atoms with Crippen LogP contribution in [0.2, 0.25) is 5.02 Å². The molecule has 0 bridgehead atoms. The molecule has 0 aliphatic rings. The lowest BCUT2D eigenvalue weighted by Gasteiger charge is -2.09. The number of hydrogen-bond acceptors (Lipinski definition) is 2. The van der Waals surface area contributed by atoms with Gasteiger partial charge in [-0.2, -0.15) is 0 Å². The summed E-state index contributed by atoms with van der Waals surface area (Å²) in [6.45, 7) is 0. The standard InChI is InChI=1S/C14H15ClN2O/c1-17(2)14(18)8-7-12-6-4-10-3-5-11(15)9-13(10)16-12/h3-6,9H,7-8H2,1-2H3. The summed E-state index contributed by atoms with van der Waals surface area (Å²) in [6.07, 6.45) is 1.13. The number of aromatic nitrogens is 1. The Morgan fingerprint density at radius 3 is 2.72 bits per heavy atom. The summed E-state index contributed by atoms with van der Waals surface area (Å²) in [7, 11) is 3.52. The summed E-state index contributed by atoms with van der Waals surface area (Å²) >= 11 is 5.94. The molecule has 0 atom stereocenters. The van der Waals surface area contributed by atoms with Crippen molar-refractivity contribution in [2.45, 2.75) is 12.8 Å². The van der Waals surface area contributed by atoms with Gasteiger partial charge in [0.2, 0.25) is 5.91 Å². The molecule has 0 saturated heterocycles. The molecule has 4 heteroatoms. The highest BCUT2D eigenvalue weighted by molar-refractivity contribution is 6.31. The van der Waals surface area contributed by atoms with E-state index in [1.54, 1.807) is 19.0 Å². The summed E-state index contributed by atoms with van der Waals surface area (Å²) in [6, 6.07) is 9.60. The first-order valence-corrected chi connectivity index (χ1v) is 6.19. The van der Waals surface area contributed by atoms with Crippen molar-refractivity contribution in [2.75, 3.05) is 14.1 Å². The number of carbonyl (C=O) groups is 1. The van der Waals surface area contributed by atoms with Crippen LogP contribution in [0, 0.1) is 0 Å². The maximum absolute atomic E-state index is 11.5. The van der Waals surface area contributed by atoms with E-state index in [0.717, 1.165) is 16.6 Å². The molecule has 0 fully saturated rings. The molecule has 0 N–H and O–H groups in total. The van der Waals surface area contributed by atoms with E-state index in [1.165, 1.54) is 0 Å². The predicted molar refractivity (Wildman–Crippen MR) is 73.8 cm³/mol. The number of nitrogens with zero attached hydrogens (tertiary/aromatic N) is 2. The monoisotopic (exact) mass is 262 g/mol. The van der Waals surface area contributed by atoms with Crippen molar-refractivity contribution in [2.24, 2.45) is 0 Å². The van der Waals surface area contributed by atoms with Crippen molar-refractivity contribution in [1.82, 2.24) is 9.88 Å². The molecule has 0 aliphatic heterocycles. The Morgan fingerprint density at radius 2 is 2.00 bits per heavy atom. The third-order valence-electron chi connectivity index (χ3n) is 2.81. The van der Waals surface area contributed by atoms with Gasteiger partial charge in [0.1, 0.15) is 0 Å². The molecule has 1 aromatic heterocycles. The molecule has 0 radical (unpaired) electrons. The van der Waals surface area contributed by atoms with Crippen molar-refractivity contribution >= 4 is 28.4 Å². The minimum Gasteiger partial charge on any atom is -0.349 e. The molecule has 3 nitrogen and oxygen atoms in total. The molecule has 0 saturated carbocycles. The van der Waals surface area contributed by atoms with Crippen molar-refractivity contribution in [3.8, 4) is 0 Å². The van der Waals surface area contributed by atoms with E-state index in [1.807, 2.05) is 30.3 Å². The molecule has 1 aromatic carbocycles. The van der Waals surface area contributed by atoms with Gasteiger partial charge in [-0.3, -0.25) is 9.78 Å². The lowest BCUT2D eigenvalue weighted by molar-refractivity contribution is -0.128. The highest BCUT2D eigenvalue weighted by Crippen LogP contribution is 2.18. The largest absolute Gasteiger partial charge is 0.349 e. The third-order valence-corrected chi connectivity index (χ3v) is 3.04. The van der Waals surface area contributed by atoms with E-state index in [4.69, 9.17) is 11.6 Å². The number of carbonyl (C=O) groups excluding carboxylic acids is 1. The number of pyridine rings is 1. The predicted octanol–water partition coefficient (Wildman–Crippen LogP) is 2.91. The molecule has 0 unspecified atom stereocenters. The number of amides is 1. The second kappa shape index (κ2) is 5.36. The number of halogens is 1. The molecule has 1 heterocycles. The van der Waals surface area contributed by atoms with Crippen LogP contribution in [0.25, 0.3) is 10.9 Å². The number of fused-ring (bicyclic) bond motifs is 1. The topological polar surface area (TPSA) is 33.2 Å². The number of rotatable bonds is 3. The lowest BCUT2D eigenvalue weighted by atomic mass is 10.1. The van der Waals surface area contributed by atoms with Crippen molar-refractivity contribution in [1.29, 1.82) is 0 Å². The number of benzene rings is 1. The highest BCUT2D eigenvalue weighted by atomic mass is 35.5. The zero-order chi connectivity index (χ0) is 13.1. The summed E-state index contributed by atoms with van der Waals surface area (Å²) in [4.78, 5) is 17.6. The van der Waals surface area contributed by atoms with E-state index >= 15 is 0 Å². The van der Waals surface area contributed by atoms with E-state index in [-0.39, 0.29) is 5.91 Å². The van der Waals surface area contributed by atoms with Gasteiger partial charge >= 0.3 is 0 Å². The normalized spacial score (nSPS) is 10.6. The van der Waals surface area contributed by atoms with Gasteiger partial charge in [-0.25, -0.2) is 0 Å². The number of hydrogen-bond donors (Lipinski definition) is 0. The Balaban J connectivity index is 2.17. The van der Waals surface area contributed by atoms with Crippen LogP contribution in [0.15, 0.2) is 30.3 Å². The van der Waals surface area contributed by atoms with Gasteiger partial charge in [0.25, 0.3) is 0 Å². The van der Waals surface area contributed by atoms with Gasteiger partial charge in [-0.1, -0.05) is 23.7 Å². The maximum atomic E-state index is 11.5. The molecule has 1 amide bonds. The van der Waals surface area contributed by atoms with Gasteiger partial charge in [0.15, 0.2) is 0 Å². The Bertz CT molecular complexity index is 581. The lowest BCUT2D eigenvalue weighted by Crippen LogP contribution is -2.21. The van der Waals surface area contributed by atoms with Crippen molar-refractivity contribution in [3.05, 3.63) is 41.0 Å². The van der Waals surface area contributed by atoms with Crippen molar-refractivity contribution < 1.29 is 4.79 Å². The first-order valence-electron chi connectivity index (χ1n) is 5.81. The van der Waals surface area contributed by atoms with Crippen LogP contribution in [0.1, 0.15) is 12.1 Å². The Kier molecular flexibility index (Phi) is 3.82. The van der Waals surface area contributed by atoms with Gasteiger partial charge in [-0.05, 0) is 24.6 Å². The zero-order valence-corrected chi connectivity index (χ0v) is 11.2.